The van der Waals surface area contributed by atoms with Crippen molar-refractivity contribution in [1.82, 2.24) is 5.32 Å². The van der Waals surface area contributed by atoms with Crippen molar-refractivity contribution >= 4 is 33.2 Å². The number of sulfonamides is 1. The van der Waals surface area contributed by atoms with Gasteiger partial charge in [0.15, 0.2) is 0 Å². The third kappa shape index (κ3) is 7.59. The molecule has 0 unspecified atom stereocenters. The normalized spacial score (nSPS) is 11.2. The maximum absolute atomic E-state index is 12.2. The van der Waals surface area contributed by atoms with Crippen LogP contribution in [0.5, 0.6) is 5.75 Å². The Kier molecular flexibility index (Phi) is 8.34. The Morgan fingerprint density at radius 3 is 2.62 bits per heavy atom. The molecular weight excluding hydrogens is 412 g/mol. The molecule has 0 saturated heterocycles. The van der Waals surface area contributed by atoms with E-state index in [1.165, 1.54) is 4.31 Å². The highest BCUT2D eigenvalue weighted by molar-refractivity contribution is 7.92. The predicted molar refractivity (Wildman–Crippen MR) is 117 cm³/mol. The molecule has 6 nitrogen and oxygen atoms in total. The standard InChI is InChI=1S/C21H27ClN2O4S/c1-16-6-4-7-19(14-16)28-13-11-23-21(25)8-5-12-24(29(3,26)27)20-15-18(22)10-9-17(20)2/h4,6-7,9-10,14-15H,5,8,11-13H2,1-3H3,(H,23,25). The van der Waals surface area contributed by atoms with Crippen LogP contribution in [0.2, 0.25) is 5.02 Å². The van der Waals surface area contributed by atoms with Crippen LogP contribution >= 0.6 is 11.6 Å². The van der Waals surface area contributed by atoms with Gasteiger partial charge in [-0.25, -0.2) is 8.42 Å². The lowest BCUT2D eigenvalue weighted by molar-refractivity contribution is -0.121. The largest absolute Gasteiger partial charge is 0.492 e. The summed E-state index contributed by atoms with van der Waals surface area (Å²) >= 11 is 6.02. The van der Waals surface area contributed by atoms with Crippen molar-refractivity contribution in [3.8, 4) is 5.75 Å². The summed E-state index contributed by atoms with van der Waals surface area (Å²) in [6.45, 7) is 4.76. The number of nitrogens with zero attached hydrogens (tertiary/aromatic N) is 1. The first kappa shape index (κ1) is 23.0. The molecule has 0 saturated carbocycles. The fourth-order valence-corrected chi connectivity index (χ4v) is 4.03. The molecule has 2 aromatic carbocycles. The van der Waals surface area contributed by atoms with Gasteiger partial charge in [0, 0.05) is 18.0 Å². The number of amides is 1. The fraction of sp³-hybridized carbons (Fsp3) is 0.381. The average Bonchev–Trinajstić information content (AvgIpc) is 2.64. The van der Waals surface area contributed by atoms with Crippen LogP contribution < -0.4 is 14.4 Å². The molecule has 29 heavy (non-hydrogen) atoms. The number of halogens is 1. The number of hydrogen-bond donors (Lipinski definition) is 1. The summed E-state index contributed by atoms with van der Waals surface area (Å²) in [7, 11) is -3.49. The lowest BCUT2D eigenvalue weighted by Gasteiger charge is -2.24. The summed E-state index contributed by atoms with van der Waals surface area (Å²) in [5.74, 6) is 0.619. The van der Waals surface area contributed by atoms with Crippen molar-refractivity contribution in [2.45, 2.75) is 26.7 Å². The van der Waals surface area contributed by atoms with Gasteiger partial charge in [-0.15, -0.1) is 0 Å². The van der Waals surface area contributed by atoms with Crippen molar-refractivity contribution < 1.29 is 17.9 Å². The van der Waals surface area contributed by atoms with Gasteiger partial charge in [-0.3, -0.25) is 9.10 Å². The van der Waals surface area contributed by atoms with Crippen molar-refractivity contribution in [1.29, 1.82) is 0 Å². The van der Waals surface area contributed by atoms with Crippen LogP contribution in [-0.2, 0) is 14.8 Å². The van der Waals surface area contributed by atoms with Gasteiger partial charge in [0.25, 0.3) is 0 Å². The summed E-state index contributed by atoms with van der Waals surface area (Å²) in [6.07, 6.45) is 1.76. The van der Waals surface area contributed by atoms with E-state index in [-0.39, 0.29) is 18.9 Å². The molecule has 8 heteroatoms. The Morgan fingerprint density at radius 1 is 1.17 bits per heavy atom. The van der Waals surface area contributed by atoms with E-state index >= 15 is 0 Å². The molecule has 1 N–H and O–H groups in total. The second kappa shape index (κ2) is 10.5. The molecular formula is C21H27ClN2O4S. The topological polar surface area (TPSA) is 75.7 Å². The molecule has 0 bridgehead atoms. The smallest absolute Gasteiger partial charge is 0.232 e. The molecule has 158 valence electrons. The summed E-state index contributed by atoms with van der Waals surface area (Å²) in [4.78, 5) is 12.0. The molecule has 0 fully saturated rings. The van der Waals surface area contributed by atoms with Crippen LogP contribution in [0.1, 0.15) is 24.0 Å². The molecule has 2 aromatic rings. The number of benzene rings is 2. The van der Waals surface area contributed by atoms with E-state index in [9.17, 15) is 13.2 Å². The molecule has 1 amide bonds. The Balaban J connectivity index is 1.80. The van der Waals surface area contributed by atoms with Crippen LogP contribution in [-0.4, -0.2) is 40.3 Å². The van der Waals surface area contributed by atoms with Crippen LogP contribution in [0.3, 0.4) is 0 Å². The van der Waals surface area contributed by atoms with Gasteiger partial charge in [0.1, 0.15) is 12.4 Å². The quantitative estimate of drug-likeness (QED) is 0.574. The Morgan fingerprint density at radius 2 is 1.93 bits per heavy atom. The third-order valence-corrected chi connectivity index (χ3v) is 5.70. The number of carbonyl (C=O) groups is 1. The zero-order valence-corrected chi connectivity index (χ0v) is 18.5. The molecule has 0 heterocycles. The summed E-state index contributed by atoms with van der Waals surface area (Å²) < 4.78 is 31.3. The highest BCUT2D eigenvalue weighted by atomic mass is 35.5. The second-order valence-corrected chi connectivity index (χ2v) is 9.23. The number of hydrogen-bond acceptors (Lipinski definition) is 4. The Labute approximate surface area is 177 Å². The molecule has 0 aliphatic carbocycles. The predicted octanol–water partition coefficient (Wildman–Crippen LogP) is 3.70. The van der Waals surface area contributed by atoms with Crippen LogP contribution in [0, 0.1) is 13.8 Å². The highest BCUT2D eigenvalue weighted by Gasteiger charge is 2.19. The third-order valence-electron chi connectivity index (χ3n) is 4.29. The van der Waals surface area contributed by atoms with E-state index in [4.69, 9.17) is 16.3 Å². The van der Waals surface area contributed by atoms with Crippen LogP contribution in [0.25, 0.3) is 0 Å². The molecule has 0 aliphatic rings. The van der Waals surface area contributed by atoms with E-state index in [2.05, 4.69) is 5.32 Å². The second-order valence-electron chi connectivity index (χ2n) is 6.88. The fourth-order valence-electron chi connectivity index (χ4n) is 2.85. The van der Waals surface area contributed by atoms with E-state index in [1.807, 2.05) is 38.1 Å². The molecule has 0 radical (unpaired) electrons. The molecule has 0 aromatic heterocycles. The van der Waals surface area contributed by atoms with Gasteiger partial charge >= 0.3 is 0 Å². The van der Waals surface area contributed by atoms with E-state index in [1.54, 1.807) is 18.2 Å². The minimum atomic E-state index is -3.49. The Hall–Kier alpha value is -2.25. The highest BCUT2D eigenvalue weighted by Crippen LogP contribution is 2.26. The number of carbonyl (C=O) groups excluding carboxylic acids is 1. The van der Waals surface area contributed by atoms with Crippen LogP contribution in [0.15, 0.2) is 42.5 Å². The first-order valence-corrected chi connectivity index (χ1v) is 11.6. The molecule has 0 atom stereocenters. The van der Waals surface area contributed by atoms with Crippen molar-refractivity contribution in [3.63, 3.8) is 0 Å². The van der Waals surface area contributed by atoms with Gasteiger partial charge in [0.2, 0.25) is 15.9 Å². The number of anilines is 1. The molecule has 2 rings (SSSR count). The first-order chi connectivity index (χ1) is 13.7. The number of nitrogens with one attached hydrogen (secondary N) is 1. The van der Waals surface area contributed by atoms with Crippen molar-refractivity contribution in [2.75, 3.05) is 30.3 Å². The van der Waals surface area contributed by atoms with E-state index < -0.39 is 10.0 Å². The summed E-state index contributed by atoms with van der Waals surface area (Å²) in [5, 5.41) is 3.25. The van der Waals surface area contributed by atoms with Gasteiger partial charge < -0.3 is 10.1 Å². The number of rotatable bonds is 10. The van der Waals surface area contributed by atoms with Gasteiger partial charge in [-0.1, -0.05) is 29.8 Å². The van der Waals surface area contributed by atoms with Crippen LogP contribution in [0.4, 0.5) is 5.69 Å². The van der Waals surface area contributed by atoms with Gasteiger partial charge in [-0.05, 0) is 55.7 Å². The molecule has 0 spiro atoms. The van der Waals surface area contributed by atoms with E-state index in [0.717, 1.165) is 23.1 Å². The lowest BCUT2D eigenvalue weighted by Crippen LogP contribution is -2.33. The maximum Gasteiger partial charge on any atom is 0.232 e. The minimum Gasteiger partial charge on any atom is -0.492 e. The number of ether oxygens (including phenoxy) is 1. The van der Waals surface area contributed by atoms with Gasteiger partial charge in [0.05, 0.1) is 18.5 Å². The first-order valence-electron chi connectivity index (χ1n) is 9.37. The summed E-state index contributed by atoms with van der Waals surface area (Å²) in [5.41, 5.74) is 2.45. The van der Waals surface area contributed by atoms with E-state index in [0.29, 0.717) is 30.3 Å². The van der Waals surface area contributed by atoms with Crippen molar-refractivity contribution in [3.05, 3.63) is 58.6 Å². The van der Waals surface area contributed by atoms with Gasteiger partial charge in [-0.2, -0.15) is 0 Å². The van der Waals surface area contributed by atoms with Crippen molar-refractivity contribution in [2.24, 2.45) is 0 Å². The summed E-state index contributed by atoms with van der Waals surface area (Å²) in [6, 6.07) is 12.8. The molecule has 0 aliphatic heterocycles. The maximum atomic E-state index is 12.2. The zero-order chi connectivity index (χ0) is 21.4. The monoisotopic (exact) mass is 438 g/mol. The minimum absolute atomic E-state index is 0.144. The Bertz CT molecular complexity index is 947. The number of aryl methyl sites for hydroxylation is 2. The average molecular weight is 439 g/mol. The SMILES string of the molecule is Cc1cccc(OCCNC(=O)CCCN(c2cc(Cl)ccc2C)S(C)(=O)=O)c1. The zero-order valence-electron chi connectivity index (χ0n) is 16.9. The lowest BCUT2D eigenvalue weighted by atomic mass is 10.2.